The van der Waals surface area contributed by atoms with Crippen LogP contribution in [-0.2, 0) is 6.54 Å². The SMILES string of the molecule is CCC(NCc1cc(Cl)cc(Cl)c1)c1ccc(OC)cc1. The van der Waals surface area contributed by atoms with E-state index in [9.17, 15) is 0 Å². The van der Waals surface area contributed by atoms with Gasteiger partial charge in [0.05, 0.1) is 7.11 Å². The molecule has 0 saturated heterocycles. The lowest BCUT2D eigenvalue weighted by atomic mass is 10.0. The Bertz CT molecular complexity index is 564. The molecule has 1 N–H and O–H groups in total. The van der Waals surface area contributed by atoms with Crippen LogP contribution in [0.25, 0.3) is 0 Å². The van der Waals surface area contributed by atoms with Crippen LogP contribution in [0, 0.1) is 0 Å². The topological polar surface area (TPSA) is 21.3 Å². The predicted octanol–water partition coefficient (Wildman–Crippen LogP) is 5.24. The summed E-state index contributed by atoms with van der Waals surface area (Å²) in [4.78, 5) is 0. The van der Waals surface area contributed by atoms with Gasteiger partial charge in [-0.3, -0.25) is 0 Å². The molecule has 2 aromatic rings. The van der Waals surface area contributed by atoms with Crippen LogP contribution < -0.4 is 10.1 Å². The predicted molar refractivity (Wildman–Crippen MR) is 89.3 cm³/mol. The molecule has 2 aromatic carbocycles. The summed E-state index contributed by atoms with van der Waals surface area (Å²) in [6.07, 6.45) is 1.00. The van der Waals surface area contributed by atoms with E-state index in [1.807, 2.05) is 24.3 Å². The van der Waals surface area contributed by atoms with Gasteiger partial charge in [0, 0.05) is 22.6 Å². The van der Waals surface area contributed by atoms with Crippen molar-refractivity contribution >= 4 is 23.2 Å². The number of benzene rings is 2. The fourth-order valence-corrected chi connectivity index (χ4v) is 2.86. The Morgan fingerprint density at radius 3 is 2.19 bits per heavy atom. The van der Waals surface area contributed by atoms with Crippen molar-refractivity contribution in [2.75, 3.05) is 7.11 Å². The molecule has 0 radical (unpaired) electrons. The molecule has 2 nitrogen and oxygen atoms in total. The van der Waals surface area contributed by atoms with E-state index in [4.69, 9.17) is 27.9 Å². The summed E-state index contributed by atoms with van der Waals surface area (Å²) in [5, 5.41) is 4.86. The number of methoxy groups -OCH3 is 1. The normalized spacial score (nSPS) is 12.2. The molecular weight excluding hydrogens is 305 g/mol. The van der Waals surface area contributed by atoms with Gasteiger partial charge in [-0.25, -0.2) is 0 Å². The molecule has 112 valence electrons. The Morgan fingerprint density at radius 2 is 1.67 bits per heavy atom. The van der Waals surface area contributed by atoms with E-state index in [0.717, 1.165) is 24.3 Å². The molecule has 21 heavy (non-hydrogen) atoms. The fourth-order valence-electron chi connectivity index (χ4n) is 2.29. The molecule has 1 unspecified atom stereocenters. The highest BCUT2D eigenvalue weighted by Gasteiger charge is 2.09. The van der Waals surface area contributed by atoms with Gasteiger partial charge in [0.2, 0.25) is 0 Å². The van der Waals surface area contributed by atoms with Crippen molar-refractivity contribution in [3.8, 4) is 5.75 Å². The number of ether oxygens (including phenoxy) is 1. The largest absolute Gasteiger partial charge is 0.497 e. The summed E-state index contributed by atoms with van der Waals surface area (Å²) >= 11 is 12.0. The van der Waals surface area contributed by atoms with E-state index in [2.05, 4.69) is 24.4 Å². The van der Waals surface area contributed by atoms with Crippen molar-refractivity contribution in [2.24, 2.45) is 0 Å². The maximum Gasteiger partial charge on any atom is 0.118 e. The highest BCUT2D eigenvalue weighted by Crippen LogP contribution is 2.22. The van der Waals surface area contributed by atoms with Crippen molar-refractivity contribution < 1.29 is 4.74 Å². The van der Waals surface area contributed by atoms with Crippen LogP contribution in [0.5, 0.6) is 5.75 Å². The Hall–Kier alpha value is -1.22. The second-order valence-corrected chi connectivity index (χ2v) is 5.77. The summed E-state index contributed by atoms with van der Waals surface area (Å²) in [5.74, 6) is 0.871. The summed E-state index contributed by atoms with van der Waals surface area (Å²) < 4.78 is 5.19. The van der Waals surface area contributed by atoms with Crippen molar-refractivity contribution in [3.63, 3.8) is 0 Å². The molecule has 2 rings (SSSR count). The molecule has 0 aromatic heterocycles. The highest BCUT2D eigenvalue weighted by molar-refractivity contribution is 6.34. The van der Waals surface area contributed by atoms with Crippen LogP contribution in [0.4, 0.5) is 0 Å². The quantitative estimate of drug-likeness (QED) is 0.784. The Labute approximate surface area is 136 Å². The van der Waals surface area contributed by atoms with Gasteiger partial charge >= 0.3 is 0 Å². The minimum Gasteiger partial charge on any atom is -0.497 e. The Morgan fingerprint density at radius 1 is 1.05 bits per heavy atom. The molecule has 4 heteroatoms. The Kier molecular flexibility index (Phi) is 5.92. The first-order valence-corrected chi connectivity index (χ1v) is 7.70. The maximum absolute atomic E-state index is 6.02. The monoisotopic (exact) mass is 323 g/mol. The second kappa shape index (κ2) is 7.69. The van der Waals surface area contributed by atoms with Gasteiger partial charge in [-0.2, -0.15) is 0 Å². The third-order valence-corrected chi connectivity index (χ3v) is 3.84. The zero-order valence-corrected chi connectivity index (χ0v) is 13.7. The molecular formula is C17H19Cl2NO. The molecule has 0 aliphatic heterocycles. The third-order valence-electron chi connectivity index (χ3n) is 3.40. The molecule has 0 spiro atoms. The van der Waals surface area contributed by atoms with Gasteiger partial charge in [0.1, 0.15) is 5.75 Å². The van der Waals surface area contributed by atoms with E-state index in [0.29, 0.717) is 10.0 Å². The zero-order valence-electron chi connectivity index (χ0n) is 12.2. The lowest BCUT2D eigenvalue weighted by Crippen LogP contribution is -2.20. The lowest BCUT2D eigenvalue weighted by molar-refractivity contribution is 0.414. The fraction of sp³-hybridized carbons (Fsp3) is 0.294. The van der Waals surface area contributed by atoms with Gasteiger partial charge < -0.3 is 10.1 Å². The van der Waals surface area contributed by atoms with Gasteiger partial charge in [-0.15, -0.1) is 0 Å². The molecule has 0 fully saturated rings. The van der Waals surface area contributed by atoms with Gasteiger partial charge in [0.25, 0.3) is 0 Å². The van der Waals surface area contributed by atoms with Crippen molar-refractivity contribution in [1.29, 1.82) is 0 Å². The first-order valence-electron chi connectivity index (χ1n) is 6.94. The first-order chi connectivity index (χ1) is 10.1. The van der Waals surface area contributed by atoms with E-state index >= 15 is 0 Å². The van der Waals surface area contributed by atoms with Crippen molar-refractivity contribution in [2.45, 2.75) is 25.9 Å². The molecule has 0 aliphatic rings. The van der Waals surface area contributed by atoms with Gasteiger partial charge in [0.15, 0.2) is 0 Å². The summed E-state index contributed by atoms with van der Waals surface area (Å²) in [6.45, 7) is 2.89. The standard InChI is InChI=1S/C17H19Cl2NO/c1-3-17(13-4-6-16(21-2)7-5-13)20-11-12-8-14(18)10-15(19)9-12/h4-10,17,20H,3,11H2,1-2H3. The smallest absolute Gasteiger partial charge is 0.118 e. The van der Waals surface area contributed by atoms with E-state index in [1.165, 1.54) is 5.56 Å². The first kappa shape index (κ1) is 16.2. The number of rotatable bonds is 6. The number of hydrogen-bond donors (Lipinski definition) is 1. The average Bonchev–Trinajstić information content (AvgIpc) is 2.47. The van der Waals surface area contributed by atoms with Crippen LogP contribution in [0.2, 0.25) is 10.0 Å². The zero-order chi connectivity index (χ0) is 15.2. The number of hydrogen-bond acceptors (Lipinski definition) is 2. The molecule has 0 bridgehead atoms. The van der Waals surface area contributed by atoms with Crippen LogP contribution in [0.1, 0.15) is 30.5 Å². The average molecular weight is 324 g/mol. The highest BCUT2D eigenvalue weighted by atomic mass is 35.5. The molecule has 0 saturated carbocycles. The number of halogens is 2. The van der Waals surface area contributed by atoms with Crippen molar-refractivity contribution in [1.82, 2.24) is 5.32 Å². The van der Waals surface area contributed by atoms with Gasteiger partial charge in [-0.1, -0.05) is 42.3 Å². The van der Waals surface area contributed by atoms with Crippen LogP contribution >= 0.6 is 23.2 Å². The number of nitrogens with one attached hydrogen (secondary N) is 1. The maximum atomic E-state index is 6.02. The second-order valence-electron chi connectivity index (χ2n) is 4.89. The molecule has 1 atom stereocenters. The van der Waals surface area contributed by atoms with E-state index in [-0.39, 0.29) is 6.04 Å². The van der Waals surface area contributed by atoms with Crippen LogP contribution in [0.15, 0.2) is 42.5 Å². The minimum absolute atomic E-state index is 0.286. The Balaban J connectivity index is 2.04. The molecule has 0 amide bonds. The van der Waals surface area contributed by atoms with E-state index in [1.54, 1.807) is 13.2 Å². The molecule has 0 aliphatic carbocycles. The summed E-state index contributed by atoms with van der Waals surface area (Å²) in [7, 11) is 1.67. The van der Waals surface area contributed by atoms with Crippen LogP contribution in [-0.4, -0.2) is 7.11 Å². The molecule has 0 heterocycles. The minimum atomic E-state index is 0.286. The summed E-state index contributed by atoms with van der Waals surface area (Å²) in [6, 6.07) is 14.0. The summed E-state index contributed by atoms with van der Waals surface area (Å²) in [5.41, 5.74) is 2.32. The lowest BCUT2D eigenvalue weighted by Gasteiger charge is -2.18. The third kappa shape index (κ3) is 4.63. The van der Waals surface area contributed by atoms with Gasteiger partial charge in [-0.05, 0) is 47.9 Å². The van der Waals surface area contributed by atoms with E-state index < -0.39 is 0 Å². The van der Waals surface area contributed by atoms with Crippen molar-refractivity contribution in [3.05, 3.63) is 63.6 Å². The van der Waals surface area contributed by atoms with Crippen LogP contribution in [0.3, 0.4) is 0 Å².